The smallest absolute Gasteiger partial charge is 0.260 e. The van der Waals surface area contributed by atoms with Crippen molar-refractivity contribution in [1.29, 1.82) is 0 Å². The third kappa shape index (κ3) is 5.13. The molecular weight excluding hydrogens is 316 g/mol. The standard InChI is InChI=1S/C17H23ClN2O3/c1-12-11-14(18)6-7-15(12)23-13(2)17(22)19-8-4-10-20-9-3-5-16(20)21/h6-7,11,13H,3-5,8-10H2,1-2H3,(H,19,22). The second-order valence-electron chi connectivity index (χ2n) is 5.80. The van der Waals surface area contributed by atoms with Crippen molar-refractivity contribution in [2.45, 2.75) is 39.2 Å². The summed E-state index contributed by atoms with van der Waals surface area (Å²) in [4.78, 5) is 25.4. The lowest BCUT2D eigenvalue weighted by Crippen LogP contribution is -2.38. The van der Waals surface area contributed by atoms with Crippen LogP contribution >= 0.6 is 11.6 Å². The summed E-state index contributed by atoms with van der Waals surface area (Å²) in [7, 11) is 0. The van der Waals surface area contributed by atoms with E-state index in [-0.39, 0.29) is 11.8 Å². The molecule has 0 spiro atoms. The van der Waals surface area contributed by atoms with Crippen LogP contribution in [0.2, 0.25) is 5.02 Å². The molecule has 6 heteroatoms. The Morgan fingerprint density at radius 3 is 2.91 bits per heavy atom. The maximum absolute atomic E-state index is 12.0. The molecule has 1 fully saturated rings. The van der Waals surface area contributed by atoms with Crippen molar-refractivity contribution in [3.05, 3.63) is 28.8 Å². The Morgan fingerprint density at radius 1 is 1.48 bits per heavy atom. The molecule has 0 saturated carbocycles. The molecule has 1 N–H and O–H groups in total. The number of aryl methyl sites for hydroxylation is 1. The molecule has 1 aliphatic heterocycles. The van der Waals surface area contributed by atoms with Gasteiger partial charge in [-0.05, 0) is 50.5 Å². The minimum Gasteiger partial charge on any atom is -0.481 e. The highest BCUT2D eigenvalue weighted by Gasteiger charge is 2.19. The maximum Gasteiger partial charge on any atom is 0.260 e. The van der Waals surface area contributed by atoms with Crippen molar-refractivity contribution < 1.29 is 14.3 Å². The normalized spacial score (nSPS) is 15.6. The van der Waals surface area contributed by atoms with Gasteiger partial charge in [-0.3, -0.25) is 9.59 Å². The summed E-state index contributed by atoms with van der Waals surface area (Å²) in [5.74, 6) is 0.707. The molecule has 1 heterocycles. The number of halogens is 1. The van der Waals surface area contributed by atoms with Gasteiger partial charge < -0.3 is 15.0 Å². The lowest BCUT2D eigenvalue weighted by atomic mass is 10.2. The highest BCUT2D eigenvalue weighted by atomic mass is 35.5. The zero-order valence-electron chi connectivity index (χ0n) is 13.6. The first-order chi connectivity index (χ1) is 11.0. The number of carbonyl (C=O) groups is 2. The quantitative estimate of drug-likeness (QED) is 0.777. The van der Waals surface area contributed by atoms with E-state index in [1.807, 2.05) is 11.8 Å². The second kappa shape index (κ2) is 8.20. The predicted octanol–water partition coefficient (Wildman–Crippen LogP) is 2.54. The van der Waals surface area contributed by atoms with Crippen LogP contribution in [-0.2, 0) is 9.59 Å². The van der Waals surface area contributed by atoms with Gasteiger partial charge in [0.1, 0.15) is 5.75 Å². The fraction of sp³-hybridized carbons (Fsp3) is 0.529. The molecule has 2 amide bonds. The molecule has 1 aliphatic rings. The van der Waals surface area contributed by atoms with Crippen molar-refractivity contribution in [3.63, 3.8) is 0 Å². The number of amides is 2. The Balaban J connectivity index is 1.71. The Bertz CT molecular complexity index is 577. The lowest BCUT2D eigenvalue weighted by molar-refractivity contribution is -0.127. The van der Waals surface area contributed by atoms with E-state index in [2.05, 4.69) is 5.32 Å². The molecule has 126 valence electrons. The number of ether oxygens (including phenoxy) is 1. The highest BCUT2D eigenvalue weighted by Crippen LogP contribution is 2.22. The molecule has 1 aromatic rings. The second-order valence-corrected chi connectivity index (χ2v) is 6.24. The van der Waals surface area contributed by atoms with Gasteiger partial charge in [-0.25, -0.2) is 0 Å². The minimum absolute atomic E-state index is 0.160. The van der Waals surface area contributed by atoms with E-state index in [0.717, 1.165) is 24.9 Å². The van der Waals surface area contributed by atoms with E-state index in [1.165, 1.54) is 0 Å². The van der Waals surface area contributed by atoms with Gasteiger partial charge in [-0.1, -0.05) is 11.6 Å². The number of benzene rings is 1. The number of likely N-dealkylation sites (tertiary alicyclic amines) is 1. The summed E-state index contributed by atoms with van der Waals surface area (Å²) in [6.07, 6.45) is 1.77. The molecule has 5 nitrogen and oxygen atoms in total. The first-order valence-electron chi connectivity index (χ1n) is 7.95. The van der Waals surface area contributed by atoms with Gasteiger partial charge in [-0.15, -0.1) is 0 Å². The molecule has 2 rings (SSSR count). The molecule has 23 heavy (non-hydrogen) atoms. The first-order valence-corrected chi connectivity index (χ1v) is 8.33. The monoisotopic (exact) mass is 338 g/mol. The Labute approximate surface area is 141 Å². The Kier molecular flexibility index (Phi) is 6.28. The molecular formula is C17H23ClN2O3. The first kappa shape index (κ1) is 17.6. The molecule has 0 bridgehead atoms. The summed E-state index contributed by atoms with van der Waals surface area (Å²) in [6.45, 7) is 5.68. The van der Waals surface area contributed by atoms with E-state index in [1.54, 1.807) is 25.1 Å². The Morgan fingerprint density at radius 2 is 2.26 bits per heavy atom. The van der Waals surface area contributed by atoms with Crippen LogP contribution in [0.3, 0.4) is 0 Å². The topological polar surface area (TPSA) is 58.6 Å². The van der Waals surface area contributed by atoms with Crippen LogP contribution in [0.1, 0.15) is 31.7 Å². The summed E-state index contributed by atoms with van der Waals surface area (Å²) in [5.41, 5.74) is 0.893. The van der Waals surface area contributed by atoms with E-state index in [0.29, 0.717) is 30.3 Å². The minimum atomic E-state index is -0.580. The van der Waals surface area contributed by atoms with E-state index < -0.39 is 6.10 Å². The van der Waals surface area contributed by atoms with E-state index >= 15 is 0 Å². The highest BCUT2D eigenvalue weighted by molar-refractivity contribution is 6.30. The molecule has 1 aromatic carbocycles. The van der Waals surface area contributed by atoms with Crippen molar-refractivity contribution >= 4 is 23.4 Å². The van der Waals surface area contributed by atoms with Crippen molar-refractivity contribution in [2.75, 3.05) is 19.6 Å². The fourth-order valence-electron chi connectivity index (χ4n) is 2.55. The van der Waals surface area contributed by atoms with Crippen LogP contribution in [0.15, 0.2) is 18.2 Å². The number of carbonyl (C=O) groups excluding carboxylic acids is 2. The molecule has 0 aliphatic carbocycles. The third-order valence-electron chi connectivity index (χ3n) is 3.89. The number of nitrogens with zero attached hydrogens (tertiary/aromatic N) is 1. The van der Waals surface area contributed by atoms with Gasteiger partial charge in [0.05, 0.1) is 0 Å². The van der Waals surface area contributed by atoms with Crippen molar-refractivity contribution in [2.24, 2.45) is 0 Å². The van der Waals surface area contributed by atoms with Crippen LogP contribution in [0.5, 0.6) is 5.75 Å². The predicted molar refractivity (Wildman–Crippen MR) is 89.7 cm³/mol. The fourth-order valence-corrected chi connectivity index (χ4v) is 2.78. The van der Waals surface area contributed by atoms with Gasteiger partial charge in [0.25, 0.3) is 5.91 Å². The SMILES string of the molecule is Cc1cc(Cl)ccc1OC(C)C(=O)NCCCN1CCCC1=O. The zero-order chi connectivity index (χ0) is 16.8. The van der Waals surface area contributed by atoms with Crippen LogP contribution in [0, 0.1) is 6.92 Å². The van der Waals surface area contributed by atoms with Gasteiger partial charge in [0, 0.05) is 31.1 Å². The Hall–Kier alpha value is -1.75. The maximum atomic E-state index is 12.0. The number of rotatable bonds is 7. The van der Waals surface area contributed by atoms with Crippen LogP contribution in [-0.4, -0.2) is 42.5 Å². The van der Waals surface area contributed by atoms with Crippen LogP contribution < -0.4 is 10.1 Å². The van der Waals surface area contributed by atoms with E-state index in [9.17, 15) is 9.59 Å². The molecule has 1 saturated heterocycles. The van der Waals surface area contributed by atoms with Crippen molar-refractivity contribution in [1.82, 2.24) is 10.2 Å². The summed E-state index contributed by atoms with van der Waals surface area (Å²) >= 11 is 5.90. The summed E-state index contributed by atoms with van der Waals surface area (Å²) in [5, 5.41) is 3.49. The van der Waals surface area contributed by atoms with Gasteiger partial charge >= 0.3 is 0 Å². The third-order valence-corrected chi connectivity index (χ3v) is 4.12. The zero-order valence-corrected chi connectivity index (χ0v) is 14.4. The molecule has 1 unspecified atom stereocenters. The average Bonchev–Trinajstić information content (AvgIpc) is 2.91. The summed E-state index contributed by atoms with van der Waals surface area (Å²) < 4.78 is 5.67. The molecule has 1 atom stereocenters. The van der Waals surface area contributed by atoms with E-state index in [4.69, 9.17) is 16.3 Å². The number of hydrogen-bond acceptors (Lipinski definition) is 3. The molecule has 0 radical (unpaired) electrons. The molecule has 0 aromatic heterocycles. The number of nitrogens with one attached hydrogen (secondary N) is 1. The summed E-state index contributed by atoms with van der Waals surface area (Å²) in [6, 6.07) is 5.30. The van der Waals surface area contributed by atoms with Crippen LogP contribution in [0.25, 0.3) is 0 Å². The van der Waals surface area contributed by atoms with Crippen LogP contribution in [0.4, 0.5) is 0 Å². The lowest BCUT2D eigenvalue weighted by Gasteiger charge is -2.18. The average molecular weight is 339 g/mol. The van der Waals surface area contributed by atoms with Gasteiger partial charge in [0.15, 0.2) is 6.10 Å². The largest absolute Gasteiger partial charge is 0.481 e. The number of hydrogen-bond donors (Lipinski definition) is 1. The van der Waals surface area contributed by atoms with Gasteiger partial charge in [0.2, 0.25) is 5.91 Å². The van der Waals surface area contributed by atoms with Gasteiger partial charge in [-0.2, -0.15) is 0 Å². The van der Waals surface area contributed by atoms with Crippen molar-refractivity contribution in [3.8, 4) is 5.75 Å².